The van der Waals surface area contributed by atoms with Crippen molar-refractivity contribution in [2.45, 2.75) is 42.7 Å². The fourth-order valence-electron chi connectivity index (χ4n) is 3.28. The minimum absolute atomic E-state index is 0.0843. The van der Waals surface area contributed by atoms with Crippen LogP contribution in [-0.2, 0) is 10.0 Å². The SMILES string of the molecule is O=S(=O)(NC1CCN2CCCC2C1)c1ccccc1F. The molecule has 2 unspecified atom stereocenters. The molecule has 4 nitrogen and oxygen atoms in total. The molecular formula is C14H19FN2O2S. The summed E-state index contributed by atoms with van der Waals surface area (Å²) in [5.74, 6) is -0.696. The Morgan fingerprint density at radius 1 is 1.20 bits per heavy atom. The number of piperidine rings is 1. The van der Waals surface area contributed by atoms with Gasteiger partial charge in [-0.15, -0.1) is 0 Å². The van der Waals surface area contributed by atoms with E-state index >= 15 is 0 Å². The van der Waals surface area contributed by atoms with Crippen molar-refractivity contribution in [1.29, 1.82) is 0 Å². The maximum atomic E-state index is 13.6. The van der Waals surface area contributed by atoms with Crippen molar-refractivity contribution in [3.63, 3.8) is 0 Å². The molecular weight excluding hydrogens is 279 g/mol. The van der Waals surface area contributed by atoms with Gasteiger partial charge in [-0.25, -0.2) is 17.5 Å². The van der Waals surface area contributed by atoms with Gasteiger partial charge in [0, 0.05) is 12.1 Å². The van der Waals surface area contributed by atoms with E-state index in [2.05, 4.69) is 9.62 Å². The zero-order chi connectivity index (χ0) is 14.2. The molecule has 0 amide bonds. The molecule has 0 aromatic heterocycles. The van der Waals surface area contributed by atoms with Gasteiger partial charge in [0.15, 0.2) is 0 Å². The number of fused-ring (bicyclic) bond motifs is 1. The quantitative estimate of drug-likeness (QED) is 0.924. The molecule has 1 N–H and O–H groups in total. The molecule has 20 heavy (non-hydrogen) atoms. The third-order valence-electron chi connectivity index (χ3n) is 4.27. The van der Waals surface area contributed by atoms with Crippen LogP contribution in [0, 0.1) is 5.82 Å². The van der Waals surface area contributed by atoms with E-state index in [1.165, 1.54) is 30.7 Å². The smallest absolute Gasteiger partial charge is 0.243 e. The Morgan fingerprint density at radius 3 is 2.80 bits per heavy atom. The maximum Gasteiger partial charge on any atom is 0.243 e. The molecule has 0 spiro atoms. The Labute approximate surface area is 119 Å². The molecule has 3 rings (SSSR count). The second kappa shape index (κ2) is 5.42. The molecule has 0 aliphatic carbocycles. The predicted octanol–water partition coefficient (Wildman–Crippen LogP) is 1.73. The molecule has 2 saturated heterocycles. The molecule has 2 aliphatic rings. The first kappa shape index (κ1) is 14.0. The Morgan fingerprint density at radius 2 is 2.00 bits per heavy atom. The Bertz CT molecular complexity index is 591. The standard InChI is InChI=1S/C14H19FN2O2S/c15-13-5-1-2-6-14(13)20(18,19)16-11-7-9-17-8-3-4-12(17)10-11/h1-2,5-6,11-12,16H,3-4,7-10H2. The minimum Gasteiger partial charge on any atom is -0.300 e. The van der Waals surface area contributed by atoms with Gasteiger partial charge < -0.3 is 4.90 Å². The molecule has 2 aliphatic heterocycles. The molecule has 2 heterocycles. The molecule has 6 heteroatoms. The Balaban J connectivity index is 1.72. The Kier molecular flexibility index (Phi) is 3.79. The molecule has 1 aromatic rings. The zero-order valence-corrected chi connectivity index (χ0v) is 12.1. The van der Waals surface area contributed by atoms with Crippen LogP contribution in [0.4, 0.5) is 4.39 Å². The molecule has 0 saturated carbocycles. The van der Waals surface area contributed by atoms with Crippen LogP contribution in [0.2, 0.25) is 0 Å². The predicted molar refractivity (Wildman–Crippen MR) is 74.3 cm³/mol. The van der Waals surface area contributed by atoms with Gasteiger partial charge >= 0.3 is 0 Å². The summed E-state index contributed by atoms with van der Waals surface area (Å²) in [5.41, 5.74) is 0. The van der Waals surface area contributed by atoms with Crippen molar-refractivity contribution < 1.29 is 12.8 Å². The molecule has 0 radical (unpaired) electrons. The van der Waals surface area contributed by atoms with Gasteiger partial charge in [-0.05, 0) is 50.9 Å². The minimum atomic E-state index is -3.76. The van der Waals surface area contributed by atoms with Crippen molar-refractivity contribution in [2.24, 2.45) is 0 Å². The summed E-state index contributed by atoms with van der Waals surface area (Å²) < 4.78 is 40.8. The van der Waals surface area contributed by atoms with Crippen LogP contribution in [0.25, 0.3) is 0 Å². The molecule has 0 bridgehead atoms. The third-order valence-corrected chi connectivity index (χ3v) is 5.82. The number of nitrogens with one attached hydrogen (secondary N) is 1. The zero-order valence-electron chi connectivity index (χ0n) is 11.3. The van der Waals surface area contributed by atoms with Gasteiger partial charge in [-0.1, -0.05) is 12.1 Å². The number of benzene rings is 1. The van der Waals surface area contributed by atoms with E-state index in [-0.39, 0.29) is 10.9 Å². The first-order chi connectivity index (χ1) is 9.56. The van der Waals surface area contributed by atoms with Gasteiger partial charge in [0.25, 0.3) is 0 Å². The number of hydrogen-bond donors (Lipinski definition) is 1. The highest BCUT2D eigenvalue weighted by Gasteiger charge is 2.34. The lowest BCUT2D eigenvalue weighted by Crippen LogP contribution is -2.47. The van der Waals surface area contributed by atoms with Gasteiger partial charge in [0.05, 0.1) is 0 Å². The number of sulfonamides is 1. The van der Waals surface area contributed by atoms with Crippen molar-refractivity contribution in [2.75, 3.05) is 13.1 Å². The van der Waals surface area contributed by atoms with Crippen LogP contribution < -0.4 is 4.72 Å². The van der Waals surface area contributed by atoms with Crippen molar-refractivity contribution in [3.8, 4) is 0 Å². The third kappa shape index (κ3) is 2.73. The topological polar surface area (TPSA) is 49.4 Å². The van der Waals surface area contributed by atoms with Gasteiger partial charge in [-0.3, -0.25) is 0 Å². The second-order valence-electron chi connectivity index (χ2n) is 5.61. The Hall–Kier alpha value is -0.980. The number of hydrogen-bond acceptors (Lipinski definition) is 3. The van der Waals surface area contributed by atoms with Crippen LogP contribution in [-0.4, -0.2) is 38.5 Å². The first-order valence-corrected chi connectivity index (χ1v) is 8.55. The van der Waals surface area contributed by atoms with E-state index in [1.54, 1.807) is 0 Å². The highest BCUT2D eigenvalue weighted by atomic mass is 32.2. The van der Waals surface area contributed by atoms with Crippen molar-refractivity contribution in [1.82, 2.24) is 9.62 Å². The molecule has 1 aromatic carbocycles. The number of nitrogens with zero attached hydrogens (tertiary/aromatic N) is 1. The van der Waals surface area contributed by atoms with Gasteiger partial charge in [-0.2, -0.15) is 0 Å². The summed E-state index contributed by atoms with van der Waals surface area (Å²) in [5, 5.41) is 0. The molecule has 2 atom stereocenters. The maximum absolute atomic E-state index is 13.6. The number of halogens is 1. The van der Waals surface area contributed by atoms with Gasteiger partial charge in [0.1, 0.15) is 10.7 Å². The fourth-order valence-corrected chi connectivity index (χ4v) is 4.64. The van der Waals surface area contributed by atoms with Gasteiger partial charge in [0.2, 0.25) is 10.0 Å². The summed E-state index contributed by atoms with van der Waals surface area (Å²) in [6, 6.07) is 5.91. The van der Waals surface area contributed by atoms with E-state index in [1.807, 2.05) is 0 Å². The van der Waals surface area contributed by atoms with Crippen LogP contribution in [0.3, 0.4) is 0 Å². The van der Waals surface area contributed by atoms with Crippen molar-refractivity contribution in [3.05, 3.63) is 30.1 Å². The number of rotatable bonds is 3. The highest BCUT2D eigenvalue weighted by molar-refractivity contribution is 7.89. The summed E-state index contributed by atoms with van der Waals surface area (Å²) >= 11 is 0. The van der Waals surface area contributed by atoms with E-state index in [4.69, 9.17) is 0 Å². The van der Waals surface area contributed by atoms with Crippen LogP contribution >= 0.6 is 0 Å². The lowest BCUT2D eigenvalue weighted by molar-refractivity contribution is 0.176. The van der Waals surface area contributed by atoms with E-state index < -0.39 is 15.8 Å². The normalized spacial score (nSPS) is 27.4. The largest absolute Gasteiger partial charge is 0.300 e. The molecule has 110 valence electrons. The fraction of sp³-hybridized carbons (Fsp3) is 0.571. The van der Waals surface area contributed by atoms with Crippen LogP contribution in [0.15, 0.2) is 29.2 Å². The summed E-state index contributed by atoms with van der Waals surface area (Å²) in [7, 11) is -3.76. The van der Waals surface area contributed by atoms with E-state index in [0.29, 0.717) is 6.04 Å². The van der Waals surface area contributed by atoms with E-state index in [0.717, 1.165) is 32.4 Å². The second-order valence-corrected chi connectivity index (χ2v) is 7.29. The average molecular weight is 298 g/mol. The first-order valence-electron chi connectivity index (χ1n) is 7.07. The summed E-state index contributed by atoms with van der Waals surface area (Å²) in [6.45, 7) is 2.05. The lowest BCUT2D eigenvalue weighted by Gasteiger charge is -2.34. The summed E-state index contributed by atoms with van der Waals surface area (Å²) in [4.78, 5) is 2.17. The van der Waals surface area contributed by atoms with Crippen LogP contribution in [0.5, 0.6) is 0 Å². The monoisotopic (exact) mass is 298 g/mol. The van der Waals surface area contributed by atoms with E-state index in [9.17, 15) is 12.8 Å². The summed E-state index contributed by atoms with van der Waals surface area (Å²) in [6.07, 6.45) is 3.95. The lowest BCUT2D eigenvalue weighted by atomic mass is 9.99. The average Bonchev–Trinajstić information content (AvgIpc) is 2.86. The van der Waals surface area contributed by atoms with Crippen LogP contribution in [0.1, 0.15) is 25.7 Å². The highest BCUT2D eigenvalue weighted by Crippen LogP contribution is 2.27. The van der Waals surface area contributed by atoms with Crippen molar-refractivity contribution >= 4 is 10.0 Å². The molecule has 2 fully saturated rings.